The van der Waals surface area contributed by atoms with Crippen molar-refractivity contribution >= 4 is 28.8 Å². The van der Waals surface area contributed by atoms with Gasteiger partial charge in [0.05, 0.1) is 39.3 Å². The van der Waals surface area contributed by atoms with E-state index < -0.39 is 0 Å². The SMILES string of the molecule is COc1cc(OC)cc(C(=O)Nc2ccc(Nc3cc(N4CCOCC4)cnn3)cc2)c1. The summed E-state index contributed by atoms with van der Waals surface area (Å²) < 4.78 is 15.9. The summed E-state index contributed by atoms with van der Waals surface area (Å²) in [6.45, 7) is 3.08. The maximum atomic E-state index is 12.6. The van der Waals surface area contributed by atoms with E-state index in [0.29, 0.717) is 41.8 Å². The molecule has 4 rings (SSSR count). The Hall–Kier alpha value is -3.85. The third kappa shape index (κ3) is 5.25. The molecule has 2 N–H and O–H groups in total. The molecular formula is C23H25N5O4. The van der Waals surface area contributed by atoms with Crippen LogP contribution in [0.1, 0.15) is 10.4 Å². The van der Waals surface area contributed by atoms with Gasteiger partial charge in [0.15, 0.2) is 5.82 Å². The third-order valence-electron chi connectivity index (χ3n) is 5.05. The van der Waals surface area contributed by atoms with Crippen molar-refractivity contribution in [2.24, 2.45) is 0 Å². The molecular weight excluding hydrogens is 410 g/mol. The number of morpholine rings is 1. The molecule has 2 aromatic carbocycles. The van der Waals surface area contributed by atoms with E-state index in [2.05, 4.69) is 25.7 Å². The molecule has 0 saturated carbocycles. The molecule has 1 fully saturated rings. The fourth-order valence-electron chi connectivity index (χ4n) is 3.34. The molecule has 9 heteroatoms. The average Bonchev–Trinajstić information content (AvgIpc) is 2.85. The molecule has 9 nitrogen and oxygen atoms in total. The Labute approximate surface area is 186 Å². The second kappa shape index (κ2) is 9.97. The number of hydrogen-bond donors (Lipinski definition) is 2. The molecule has 1 aliphatic rings. The van der Waals surface area contributed by atoms with Gasteiger partial charge in [-0.1, -0.05) is 0 Å². The van der Waals surface area contributed by atoms with Crippen LogP contribution in [0.2, 0.25) is 0 Å². The number of hydrogen-bond acceptors (Lipinski definition) is 8. The Balaban J connectivity index is 1.41. The van der Waals surface area contributed by atoms with E-state index in [1.165, 1.54) is 0 Å². The van der Waals surface area contributed by atoms with Crippen LogP contribution in [0.15, 0.2) is 54.7 Å². The van der Waals surface area contributed by atoms with Gasteiger partial charge in [-0.15, -0.1) is 5.10 Å². The van der Waals surface area contributed by atoms with Crippen LogP contribution in [-0.4, -0.2) is 56.6 Å². The molecule has 0 unspecified atom stereocenters. The zero-order valence-electron chi connectivity index (χ0n) is 18.0. The van der Waals surface area contributed by atoms with E-state index in [0.717, 1.165) is 24.5 Å². The first-order valence-corrected chi connectivity index (χ1v) is 10.2. The van der Waals surface area contributed by atoms with Crippen molar-refractivity contribution in [1.29, 1.82) is 0 Å². The van der Waals surface area contributed by atoms with Crippen molar-refractivity contribution in [1.82, 2.24) is 10.2 Å². The highest BCUT2D eigenvalue weighted by atomic mass is 16.5. The lowest BCUT2D eigenvalue weighted by molar-refractivity contribution is 0.102. The minimum atomic E-state index is -0.257. The minimum Gasteiger partial charge on any atom is -0.497 e. The summed E-state index contributed by atoms with van der Waals surface area (Å²) in [5.74, 6) is 1.49. The largest absolute Gasteiger partial charge is 0.497 e. The van der Waals surface area contributed by atoms with Gasteiger partial charge < -0.3 is 29.7 Å². The van der Waals surface area contributed by atoms with Crippen molar-refractivity contribution in [3.05, 3.63) is 60.3 Å². The number of nitrogens with zero attached hydrogens (tertiary/aromatic N) is 3. The van der Waals surface area contributed by atoms with E-state index >= 15 is 0 Å². The first kappa shape index (κ1) is 21.4. The van der Waals surface area contributed by atoms with E-state index in [4.69, 9.17) is 14.2 Å². The van der Waals surface area contributed by atoms with Gasteiger partial charge in [0.2, 0.25) is 0 Å². The molecule has 1 saturated heterocycles. The predicted molar refractivity (Wildman–Crippen MR) is 122 cm³/mol. The molecule has 0 aliphatic carbocycles. The lowest BCUT2D eigenvalue weighted by Gasteiger charge is -2.28. The molecule has 166 valence electrons. The van der Waals surface area contributed by atoms with Crippen LogP contribution in [0.4, 0.5) is 22.9 Å². The van der Waals surface area contributed by atoms with Gasteiger partial charge in [-0.3, -0.25) is 4.79 Å². The smallest absolute Gasteiger partial charge is 0.255 e. The lowest BCUT2D eigenvalue weighted by atomic mass is 10.1. The number of rotatable bonds is 7. The van der Waals surface area contributed by atoms with Gasteiger partial charge >= 0.3 is 0 Å². The van der Waals surface area contributed by atoms with Crippen molar-refractivity contribution in [2.75, 3.05) is 56.1 Å². The highest BCUT2D eigenvalue weighted by Crippen LogP contribution is 2.24. The van der Waals surface area contributed by atoms with Crippen LogP contribution in [0.5, 0.6) is 11.5 Å². The summed E-state index contributed by atoms with van der Waals surface area (Å²) in [4.78, 5) is 14.9. The maximum absolute atomic E-state index is 12.6. The van der Waals surface area contributed by atoms with Crippen molar-refractivity contribution < 1.29 is 19.0 Å². The number of anilines is 4. The van der Waals surface area contributed by atoms with E-state index in [9.17, 15) is 4.79 Å². The number of carbonyl (C=O) groups excluding carboxylic acids is 1. The number of aromatic nitrogens is 2. The molecule has 0 radical (unpaired) electrons. The third-order valence-corrected chi connectivity index (χ3v) is 5.05. The number of carbonyl (C=O) groups is 1. The molecule has 2 heterocycles. The number of nitrogens with one attached hydrogen (secondary N) is 2. The summed E-state index contributed by atoms with van der Waals surface area (Å²) in [5.41, 5.74) is 2.94. The van der Waals surface area contributed by atoms with Crippen molar-refractivity contribution in [2.45, 2.75) is 0 Å². The highest BCUT2D eigenvalue weighted by Gasteiger charge is 2.13. The Morgan fingerprint density at radius 3 is 2.28 bits per heavy atom. The fraction of sp³-hybridized carbons (Fsp3) is 0.261. The van der Waals surface area contributed by atoms with Gasteiger partial charge in [-0.25, -0.2) is 0 Å². The Morgan fingerprint density at radius 1 is 0.969 bits per heavy atom. The first-order chi connectivity index (χ1) is 15.6. The Kier molecular flexibility index (Phi) is 6.66. The standard InChI is InChI=1S/C23H25N5O4/c1-30-20-11-16(12-21(14-20)31-2)23(29)26-18-5-3-17(4-6-18)25-22-13-19(15-24-27-22)28-7-9-32-10-8-28/h3-6,11-15H,7-10H2,1-2H3,(H,25,27)(H,26,29). The quantitative estimate of drug-likeness (QED) is 0.583. The summed E-state index contributed by atoms with van der Waals surface area (Å²) >= 11 is 0. The summed E-state index contributed by atoms with van der Waals surface area (Å²) in [6, 6.07) is 14.4. The van der Waals surface area contributed by atoms with E-state index in [-0.39, 0.29) is 5.91 Å². The van der Waals surface area contributed by atoms with E-state index in [1.807, 2.05) is 30.3 Å². The van der Waals surface area contributed by atoms with Crippen LogP contribution in [0, 0.1) is 0 Å². The number of amides is 1. The molecule has 1 aromatic heterocycles. The van der Waals surface area contributed by atoms with Crippen molar-refractivity contribution in [3.63, 3.8) is 0 Å². The Bertz CT molecular complexity index is 1050. The monoisotopic (exact) mass is 435 g/mol. The van der Waals surface area contributed by atoms with Crippen molar-refractivity contribution in [3.8, 4) is 11.5 Å². The van der Waals surface area contributed by atoms with Gasteiger partial charge in [-0.2, -0.15) is 5.10 Å². The van der Waals surface area contributed by atoms with Gasteiger partial charge in [-0.05, 0) is 36.4 Å². The number of benzene rings is 2. The second-order valence-electron chi connectivity index (χ2n) is 7.16. The highest BCUT2D eigenvalue weighted by molar-refractivity contribution is 6.04. The number of ether oxygens (including phenoxy) is 3. The van der Waals surface area contributed by atoms with Crippen LogP contribution in [0.3, 0.4) is 0 Å². The summed E-state index contributed by atoms with van der Waals surface area (Å²) in [5, 5.41) is 14.4. The van der Waals surface area contributed by atoms with Crippen LogP contribution >= 0.6 is 0 Å². The molecule has 0 bridgehead atoms. The zero-order valence-corrected chi connectivity index (χ0v) is 18.0. The normalized spacial score (nSPS) is 13.4. The minimum absolute atomic E-state index is 0.257. The van der Waals surface area contributed by atoms with Crippen LogP contribution in [-0.2, 0) is 4.74 Å². The zero-order chi connectivity index (χ0) is 22.3. The second-order valence-corrected chi connectivity index (χ2v) is 7.16. The van der Waals surface area contributed by atoms with Crippen LogP contribution < -0.4 is 25.0 Å². The summed E-state index contributed by atoms with van der Waals surface area (Å²) in [7, 11) is 3.09. The summed E-state index contributed by atoms with van der Waals surface area (Å²) in [6.07, 6.45) is 1.75. The fourth-order valence-corrected chi connectivity index (χ4v) is 3.34. The Morgan fingerprint density at radius 2 is 1.62 bits per heavy atom. The predicted octanol–water partition coefficient (Wildman–Crippen LogP) is 3.33. The lowest BCUT2D eigenvalue weighted by Crippen LogP contribution is -2.36. The molecule has 32 heavy (non-hydrogen) atoms. The topological polar surface area (TPSA) is 97.8 Å². The maximum Gasteiger partial charge on any atom is 0.255 e. The molecule has 0 spiro atoms. The average molecular weight is 435 g/mol. The van der Waals surface area contributed by atoms with Gasteiger partial charge in [0, 0.05) is 42.2 Å². The van der Waals surface area contributed by atoms with Gasteiger partial charge in [0.1, 0.15) is 11.5 Å². The van der Waals surface area contributed by atoms with Gasteiger partial charge in [0.25, 0.3) is 5.91 Å². The molecule has 1 amide bonds. The van der Waals surface area contributed by atoms with E-state index in [1.54, 1.807) is 38.6 Å². The van der Waals surface area contributed by atoms with Crippen LogP contribution in [0.25, 0.3) is 0 Å². The first-order valence-electron chi connectivity index (χ1n) is 10.2. The number of methoxy groups -OCH3 is 2. The molecule has 1 aliphatic heterocycles. The molecule has 0 atom stereocenters. The molecule has 3 aromatic rings.